The van der Waals surface area contributed by atoms with Gasteiger partial charge in [0.15, 0.2) is 0 Å². The molecule has 43 heavy (non-hydrogen) atoms. The summed E-state index contributed by atoms with van der Waals surface area (Å²) in [6.45, 7) is 4.61. The van der Waals surface area contributed by atoms with Crippen molar-refractivity contribution >= 4 is 33.7 Å². The second-order valence-corrected chi connectivity index (χ2v) is 8.81. The predicted octanol–water partition coefficient (Wildman–Crippen LogP) is 5.36. The monoisotopic (exact) mass is 616 g/mol. The molecule has 0 radical (unpaired) electrons. The largest absolute Gasteiger partial charge is 0.573 e. The summed E-state index contributed by atoms with van der Waals surface area (Å²) in [5, 5.41) is 8.82. The highest BCUT2D eigenvalue weighted by Crippen LogP contribution is 2.27. The van der Waals surface area contributed by atoms with Gasteiger partial charge in [-0.3, -0.25) is 9.59 Å². The molecule has 2 heterocycles. The molecule has 16 heteroatoms. The smallest absolute Gasteiger partial charge is 0.477 e. The fraction of sp³-hybridized carbons (Fsp3) is 0.259. The summed E-state index contributed by atoms with van der Waals surface area (Å²) in [4.78, 5) is 50.2. The number of ether oxygens (including phenoxy) is 3. The number of carboxylic acids is 1. The predicted molar refractivity (Wildman–Crippen MR) is 140 cm³/mol. The normalized spacial score (nSPS) is 11.6. The number of fused-ring (bicyclic) bond motifs is 2. The molecule has 0 atom stereocenters. The van der Waals surface area contributed by atoms with Gasteiger partial charge in [-0.15, -0.1) is 26.3 Å². The highest BCUT2D eigenvalue weighted by molar-refractivity contribution is 5.95. The van der Waals surface area contributed by atoms with Gasteiger partial charge in [0.25, 0.3) is 0 Å². The number of hydrogen-bond acceptors (Lipinski definition) is 7. The Morgan fingerprint density at radius 2 is 1.37 bits per heavy atom. The molecule has 10 nitrogen and oxygen atoms in total. The molecule has 2 aromatic heterocycles. The first-order valence-electron chi connectivity index (χ1n) is 12.1. The van der Waals surface area contributed by atoms with E-state index in [-0.39, 0.29) is 34.3 Å². The summed E-state index contributed by atoms with van der Waals surface area (Å²) in [5.74, 6) is -3.38. The van der Waals surface area contributed by atoms with Crippen LogP contribution < -0.4 is 20.3 Å². The van der Waals surface area contributed by atoms with E-state index in [1.165, 1.54) is 37.6 Å². The summed E-state index contributed by atoms with van der Waals surface area (Å²) in [7, 11) is 1.52. The third-order valence-corrected chi connectivity index (χ3v) is 5.99. The maximum atomic E-state index is 12.3. The van der Waals surface area contributed by atoms with Gasteiger partial charge in [-0.25, -0.2) is 9.59 Å². The molecule has 4 aromatic rings. The Balaban J connectivity index is 0.000000236. The summed E-state index contributed by atoms with van der Waals surface area (Å²) in [6.07, 6.45) is -9.76. The molecule has 0 unspecified atom stereocenters. The molecule has 4 rings (SSSR count). The number of nitrogens with one attached hydrogen (secondary N) is 1. The second-order valence-electron chi connectivity index (χ2n) is 8.81. The Kier molecular flexibility index (Phi) is 9.12. The first kappa shape index (κ1) is 32.5. The van der Waals surface area contributed by atoms with Crippen LogP contribution in [0.1, 0.15) is 39.0 Å². The number of H-pyrrole nitrogens is 1. The van der Waals surface area contributed by atoms with E-state index in [2.05, 4.69) is 14.5 Å². The maximum Gasteiger partial charge on any atom is 0.573 e. The third kappa shape index (κ3) is 7.44. The molecule has 0 bridgehead atoms. The molecule has 0 saturated heterocycles. The van der Waals surface area contributed by atoms with Crippen molar-refractivity contribution in [2.24, 2.45) is 7.05 Å². The van der Waals surface area contributed by atoms with Crippen molar-refractivity contribution in [1.29, 1.82) is 0 Å². The van der Waals surface area contributed by atoms with Gasteiger partial charge < -0.3 is 28.9 Å². The average Bonchev–Trinajstić information content (AvgIpc) is 2.86. The number of nitrogens with zero attached hydrogens (tertiary/aromatic N) is 1. The number of hydrogen-bond donors (Lipinski definition) is 2. The summed E-state index contributed by atoms with van der Waals surface area (Å²) < 4.78 is 87.0. The molecule has 0 amide bonds. The zero-order valence-electron chi connectivity index (χ0n) is 22.7. The molecular weight excluding hydrogens is 594 g/mol. The van der Waals surface area contributed by atoms with Gasteiger partial charge in [0.1, 0.15) is 22.6 Å². The number of benzene rings is 2. The van der Waals surface area contributed by atoms with E-state index in [0.29, 0.717) is 11.0 Å². The SMILES string of the molecule is CCOC(=O)c1c(C)[nH]c2ccc(OC(F)(F)F)cc2c1=O.Cc1c(C(=O)O)c(=O)c2cc(OC(F)(F)F)ccc2n1C. The fourth-order valence-electron chi connectivity index (χ4n) is 4.12. The molecule has 0 fully saturated rings. The fourth-order valence-corrected chi connectivity index (χ4v) is 4.12. The quantitative estimate of drug-likeness (QED) is 0.226. The zero-order chi connectivity index (χ0) is 32.4. The average molecular weight is 616 g/mol. The van der Waals surface area contributed by atoms with Gasteiger partial charge in [0, 0.05) is 24.0 Å². The van der Waals surface area contributed by atoms with Crippen LogP contribution in [-0.2, 0) is 11.8 Å². The lowest BCUT2D eigenvalue weighted by Crippen LogP contribution is -2.22. The number of esters is 1. The van der Waals surface area contributed by atoms with Crippen LogP contribution in [0.25, 0.3) is 21.8 Å². The number of halogens is 6. The standard InChI is InChI=1S/C14H12F3NO4.C13H10F3NO4/c1-3-21-13(20)11-7(2)18-10-5-4-8(22-14(15,16)17)6-9(10)12(11)19;1-6-10(12(19)20)11(18)8-5-7(21-13(14,15)16)3-4-9(8)17(6)2/h4-6H,3H2,1-2H3,(H,18,19);3-5H,1-2H3,(H,19,20). The molecule has 230 valence electrons. The minimum Gasteiger partial charge on any atom is -0.477 e. The van der Waals surface area contributed by atoms with Gasteiger partial charge in [-0.1, -0.05) is 0 Å². The number of aromatic nitrogens is 2. The highest BCUT2D eigenvalue weighted by Gasteiger charge is 2.32. The number of alkyl halides is 6. The number of pyridine rings is 2. The number of aromatic carboxylic acids is 1. The molecule has 0 aliphatic heterocycles. The van der Waals surface area contributed by atoms with Crippen molar-refractivity contribution in [3.63, 3.8) is 0 Å². The molecule has 0 spiro atoms. The first-order chi connectivity index (χ1) is 19.8. The minimum atomic E-state index is -4.89. The van der Waals surface area contributed by atoms with Crippen molar-refractivity contribution in [2.75, 3.05) is 6.61 Å². The van der Waals surface area contributed by atoms with Crippen LogP contribution in [0, 0.1) is 13.8 Å². The topological polar surface area (TPSA) is 137 Å². The van der Waals surface area contributed by atoms with Gasteiger partial charge in [0.2, 0.25) is 10.9 Å². The van der Waals surface area contributed by atoms with Crippen LogP contribution in [0.3, 0.4) is 0 Å². The van der Waals surface area contributed by atoms with Crippen LogP contribution in [0.15, 0.2) is 46.0 Å². The van der Waals surface area contributed by atoms with Crippen LogP contribution >= 0.6 is 0 Å². The van der Waals surface area contributed by atoms with Gasteiger partial charge in [-0.05, 0) is 57.2 Å². The van der Waals surface area contributed by atoms with Gasteiger partial charge >= 0.3 is 24.7 Å². The summed E-state index contributed by atoms with van der Waals surface area (Å²) in [6, 6.07) is 6.52. The highest BCUT2D eigenvalue weighted by atomic mass is 19.4. The number of aromatic amines is 1. The van der Waals surface area contributed by atoms with E-state index >= 15 is 0 Å². The van der Waals surface area contributed by atoms with Crippen LogP contribution in [0.4, 0.5) is 26.3 Å². The van der Waals surface area contributed by atoms with E-state index in [1.807, 2.05) is 0 Å². The number of carbonyl (C=O) groups is 2. The van der Waals surface area contributed by atoms with E-state index in [4.69, 9.17) is 9.84 Å². The summed E-state index contributed by atoms with van der Waals surface area (Å²) >= 11 is 0. The lowest BCUT2D eigenvalue weighted by molar-refractivity contribution is -0.275. The Bertz CT molecular complexity index is 1840. The van der Waals surface area contributed by atoms with Crippen molar-refractivity contribution in [3.8, 4) is 11.5 Å². The Labute approximate surface area is 237 Å². The Morgan fingerprint density at radius 1 is 0.860 bits per heavy atom. The summed E-state index contributed by atoms with van der Waals surface area (Å²) in [5.41, 5.74) is -1.17. The molecular formula is C27H22F6N2O8. The van der Waals surface area contributed by atoms with Crippen LogP contribution in [-0.4, -0.2) is 45.9 Å². The maximum absolute atomic E-state index is 12.3. The Morgan fingerprint density at radius 3 is 1.88 bits per heavy atom. The number of carbonyl (C=O) groups excluding carboxylic acids is 1. The lowest BCUT2D eigenvalue weighted by atomic mass is 10.1. The van der Waals surface area contributed by atoms with Crippen molar-refractivity contribution in [1.82, 2.24) is 9.55 Å². The van der Waals surface area contributed by atoms with Gasteiger partial charge in [0.05, 0.1) is 22.9 Å². The van der Waals surface area contributed by atoms with E-state index < -0.39 is 52.6 Å². The lowest BCUT2D eigenvalue weighted by Gasteiger charge is -2.14. The molecule has 2 aromatic carbocycles. The molecule has 0 saturated carbocycles. The molecule has 0 aliphatic rings. The van der Waals surface area contributed by atoms with E-state index in [0.717, 1.165) is 24.3 Å². The van der Waals surface area contributed by atoms with Crippen LogP contribution in [0.2, 0.25) is 0 Å². The Hall–Kier alpha value is -5.02. The minimum absolute atomic E-state index is 0.0764. The van der Waals surface area contributed by atoms with Crippen LogP contribution in [0.5, 0.6) is 11.5 Å². The van der Waals surface area contributed by atoms with Crippen molar-refractivity contribution in [2.45, 2.75) is 33.5 Å². The number of rotatable bonds is 5. The first-order valence-corrected chi connectivity index (χ1v) is 12.1. The molecule has 0 aliphatic carbocycles. The number of carboxylic acid groups (broad SMARTS) is 1. The zero-order valence-corrected chi connectivity index (χ0v) is 22.7. The molecule has 2 N–H and O–H groups in total. The van der Waals surface area contributed by atoms with Crippen molar-refractivity contribution in [3.05, 3.63) is 79.4 Å². The van der Waals surface area contributed by atoms with E-state index in [1.54, 1.807) is 6.92 Å². The second kappa shape index (κ2) is 12.1. The van der Waals surface area contributed by atoms with E-state index in [9.17, 15) is 45.5 Å². The number of aryl methyl sites for hydroxylation is 2. The van der Waals surface area contributed by atoms with Gasteiger partial charge in [-0.2, -0.15) is 0 Å². The van der Waals surface area contributed by atoms with Crippen molar-refractivity contribution < 1.29 is 55.2 Å². The third-order valence-electron chi connectivity index (χ3n) is 5.99.